The third-order valence-electron chi connectivity index (χ3n) is 5.67. The lowest BCUT2D eigenvalue weighted by molar-refractivity contribution is -0.384. The minimum absolute atomic E-state index is 0.0995. The lowest BCUT2D eigenvalue weighted by Crippen LogP contribution is -1.95. The smallest absolute Gasteiger partial charge is 0.277 e. The molecule has 0 saturated carbocycles. The number of imidazole rings is 1. The fraction of sp³-hybridized carbons (Fsp3) is 0. The molecule has 6 aromatic rings. The van der Waals surface area contributed by atoms with Crippen LogP contribution in [-0.2, 0) is 0 Å². The molecule has 0 bridgehead atoms. The molecule has 0 aliphatic heterocycles. The van der Waals surface area contributed by atoms with Crippen molar-refractivity contribution in [3.8, 4) is 11.1 Å². The van der Waals surface area contributed by atoms with Crippen molar-refractivity contribution >= 4 is 44.0 Å². The van der Waals surface area contributed by atoms with Crippen LogP contribution in [0.3, 0.4) is 0 Å². The van der Waals surface area contributed by atoms with E-state index in [0.29, 0.717) is 5.56 Å². The molecule has 4 aromatic carbocycles. The van der Waals surface area contributed by atoms with E-state index in [1.807, 2.05) is 60.7 Å². The molecular weight excluding hydrogens is 374 g/mol. The monoisotopic (exact) mass is 389 g/mol. The van der Waals surface area contributed by atoms with Gasteiger partial charge in [0.25, 0.3) is 5.69 Å². The Labute approximate surface area is 171 Å². The molecule has 0 saturated heterocycles. The summed E-state index contributed by atoms with van der Waals surface area (Å²) in [7, 11) is 0. The zero-order chi connectivity index (χ0) is 20.2. The standard InChI is InChI=1S/C25H15N3O2/c29-28(30)22-14-5-1-8-16(22)17-10-7-11-19-24(17)18-9-2-4-13-21(18)27-23-15-6-3-12-20(23)26-25(19)27/h1-15H. The Morgan fingerprint density at radius 2 is 1.37 bits per heavy atom. The highest BCUT2D eigenvalue weighted by Crippen LogP contribution is 2.40. The van der Waals surface area contributed by atoms with E-state index in [1.165, 1.54) is 0 Å². The third kappa shape index (κ3) is 2.20. The van der Waals surface area contributed by atoms with Crippen LogP contribution < -0.4 is 0 Å². The van der Waals surface area contributed by atoms with Crippen LogP contribution in [0.5, 0.6) is 0 Å². The molecule has 0 atom stereocenters. The van der Waals surface area contributed by atoms with Crippen molar-refractivity contribution < 1.29 is 4.92 Å². The van der Waals surface area contributed by atoms with E-state index in [-0.39, 0.29) is 10.6 Å². The number of nitro benzene ring substituents is 1. The van der Waals surface area contributed by atoms with E-state index in [1.54, 1.807) is 12.1 Å². The van der Waals surface area contributed by atoms with Crippen LogP contribution in [0.25, 0.3) is 49.5 Å². The lowest BCUT2D eigenvalue weighted by atomic mass is 9.94. The van der Waals surface area contributed by atoms with Crippen LogP contribution in [0, 0.1) is 10.1 Å². The zero-order valence-corrected chi connectivity index (χ0v) is 15.8. The van der Waals surface area contributed by atoms with Crippen LogP contribution in [0.15, 0.2) is 91.0 Å². The number of hydrogen-bond donors (Lipinski definition) is 0. The van der Waals surface area contributed by atoms with Gasteiger partial charge in [0, 0.05) is 22.2 Å². The van der Waals surface area contributed by atoms with E-state index in [4.69, 9.17) is 4.98 Å². The highest BCUT2D eigenvalue weighted by Gasteiger charge is 2.20. The zero-order valence-electron chi connectivity index (χ0n) is 15.8. The lowest BCUT2D eigenvalue weighted by Gasteiger charge is -2.13. The second-order valence-electron chi connectivity index (χ2n) is 7.28. The molecule has 30 heavy (non-hydrogen) atoms. The number of pyridine rings is 1. The Morgan fingerprint density at radius 1 is 0.700 bits per heavy atom. The Morgan fingerprint density at radius 3 is 2.23 bits per heavy atom. The number of rotatable bonds is 2. The molecule has 2 aromatic heterocycles. The van der Waals surface area contributed by atoms with Crippen LogP contribution >= 0.6 is 0 Å². The van der Waals surface area contributed by atoms with Gasteiger partial charge in [-0.25, -0.2) is 4.98 Å². The summed E-state index contributed by atoms with van der Waals surface area (Å²) in [6.07, 6.45) is 0. The predicted octanol–water partition coefficient (Wildman–Crippen LogP) is 6.37. The average Bonchev–Trinajstić information content (AvgIpc) is 3.19. The van der Waals surface area contributed by atoms with Crippen LogP contribution in [-0.4, -0.2) is 14.3 Å². The molecule has 142 valence electrons. The first-order valence-electron chi connectivity index (χ1n) is 9.68. The molecule has 0 aliphatic carbocycles. The maximum Gasteiger partial charge on any atom is 0.277 e. The summed E-state index contributed by atoms with van der Waals surface area (Å²) < 4.78 is 2.18. The number of nitrogens with zero attached hydrogens (tertiary/aromatic N) is 3. The van der Waals surface area contributed by atoms with Gasteiger partial charge >= 0.3 is 0 Å². The largest absolute Gasteiger partial charge is 0.292 e. The third-order valence-corrected chi connectivity index (χ3v) is 5.67. The normalized spacial score (nSPS) is 11.6. The average molecular weight is 389 g/mol. The maximum atomic E-state index is 11.7. The topological polar surface area (TPSA) is 60.4 Å². The summed E-state index contributed by atoms with van der Waals surface area (Å²) in [6, 6.07) is 29.1. The molecule has 0 amide bonds. The minimum Gasteiger partial charge on any atom is -0.292 e. The highest BCUT2D eigenvalue weighted by molar-refractivity contribution is 6.19. The van der Waals surface area contributed by atoms with Gasteiger partial charge in [-0.15, -0.1) is 0 Å². The van der Waals surface area contributed by atoms with Gasteiger partial charge in [0.2, 0.25) is 0 Å². The van der Waals surface area contributed by atoms with Gasteiger partial charge in [-0.2, -0.15) is 0 Å². The first kappa shape index (κ1) is 16.7. The maximum absolute atomic E-state index is 11.7. The quantitative estimate of drug-likeness (QED) is 0.196. The highest BCUT2D eigenvalue weighted by atomic mass is 16.6. The van der Waals surface area contributed by atoms with Gasteiger partial charge < -0.3 is 0 Å². The van der Waals surface area contributed by atoms with Gasteiger partial charge in [0.05, 0.1) is 27.0 Å². The summed E-state index contributed by atoms with van der Waals surface area (Å²) in [5, 5.41) is 14.7. The van der Waals surface area contributed by atoms with E-state index in [2.05, 4.69) is 22.6 Å². The number of aromatic nitrogens is 2. The summed E-state index contributed by atoms with van der Waals surface area (Å²) in [4.78, 5) is 16.3. The van der Waals surface area contributed by atoms with Crippen molar-refractivity contribution in [3.05, 3.63) is 101 Å². The molecule has 0 fully saturated rings. The van der Waals surface area contributed by atoms with E-state index < -0.39 is 0 Å². The molecule has 0 unspecified atom stereocenters. The van der Waals surface area contributed by atoms with Crippen molar-refractivity contribution in [1.82, 2.24) is 9.38 Å². The number of hydrogen-bond acceptors (Lipinski definition) is 3. The Balaban J connectivity index is 1.89. The van der Waals surface area contributed by atoms with Gasteiger partial charge in [0.1, 0.15) is 5.65 Å². The van der Waals surface area contributed by atoms with Gasteiger partial charge in [-0.3, -0.25) is 14.5 Å². The minimum atomic E-state index is -0.321. The number of fused-ring (bicyclic) bond motifs is 8. The van der Waals surface area contributed by atoms with E-state index >= 15 is 0 Å². The fourth-order valence-electron chi connectivity index (χ4n) is 4.44. The molecule has 5 heteroatoms. The first-order chi connectivity index (χ1) is 14.7. The fourth-order valence-corrected chi connectivity index (χ4v) is 4.44. The number of para-hydroxylation sites is 4. The van der Waals surface area contributed by atoms with Gasteiger partial charge in [-0.05, 0) is 29.8 Å². The van der Waals surface area contributed by atoms with Crippen LogP contribution in [0.2, 0.25) is 0 Å². The predicted molar refractivity (Wildman–Crippen MR) is 120 cm³/mol. The SMILES string of the molecule is O=[N+]([O-])c1ccccc1-c1cccc2c1c1ccccc1n1c3ccccc3nc21. The first-order valence-corrected chi connectivity index (χ1v) is 9.68. The van der Waals surface area contributed by atoms with Crippen molar-refractivity contribution in [3.63, 3.8) is 0 Å². The number of nitro groups is 1. The molecule has 0 spiro atoms. The van der Waals surface area contributed by atoms with Crippen LogP contribution in [0.4, 0.5) is 5.69 Å². The molecule has 2 heterocycles. The Kier molecular flexibility index (Phi) is 3.40. The molecule has 6 rings (SSSR count). The molecule has 0 radical (unpaired) electrons. The van der Waals surface area contributed by atoms with Gasteiger partial charge in [-0.1, -0.05) is 60.7 Å². The molecular formula is C25H15N3O2. The molecule has 0 N–H and O–H groups in total. The summed E-state index contributed by atoms with van der Waals surface area (Å²) >= 11 is 0. The van der Waals surface area contributed by atoms with Gasteiger partial charge in [0.15, 0.2) is 0 Å². The second kappa shape index (κ2) is 6.12. The molecule has 5 nitrogen and oxygen atoms in total. The van der Waals surface area contributed by atoms with Crippen molar-refractivity contribution in [2.24, 2.45) is 0 Å². The second-order valence-corrected chi connectivity index (χ2v) is 7.28. The Hall–Kier alpha value is -4.25. The molecule has 0 aliphatic rings. The summed E-state index contributed by atoms with van der Waals surface area (Å²) in [5.74, 6) is 0. The van der Waals surface area contributed by atoms with Crippen molar-refractivity contribution in [2.75, 3.05) is 0 Å². The van der Waals surface area contributed by atoms with E-state index in [9.17, 15) is 10.1 Å². The van der Waals surface area contributed by atoms with E-state index in [0.717, 1.165) is 43.9 Å². The Bertz CT molecular complexity index is 1630. The van der Waals surface area contributed by atoms with Crippen molar-refractivity contribution in [2.45, 2.75) is 0 Å². The number of benzene rings is 4. The van der Waals surface area contributed by atoms with Crippen molar-refractivity contribution in [1.29, 1.82) is 0 Å². The van der Waals surface area contributed by atoms with Crippen LogP contribution in [0.1, 0.15) is 0 Å². The summed E-state index contributed by atoms with van der Waals surface area (Å²) in [5.41, 5.74) is 5.39. The summed E-state index contributed by atoms with van der Waals surface area (Å²) in [6.45, 7) is 0.